The number of fused-ring (bicyclic) bond motifs is 1. The molecule has 1 unspecified atom stereocenters. The van der Waals surface area contributed by atoms with Crippen LogP contribution >= 0.6 is 11.6 Å². The molecule has 0 spiro atoms. The molecule has 2 aromatic rings. The van der Waals surface area contributed by atoms with E-state index in [0.29, 0.717) is 21.4 Å². The molecule has 0 aromatic heterocycles. The molecule has 0 bridgehead atoms. The first kappa shape index (κ1) is 13.7. The summed E-state index contributed by atoms with van der Waals surface area (Å²) in [6.45, 7) is 0. The Balaban J connectivity index is 1.84. The molecule has 0 saturated carbocycles. The molecule has 1 aliphatic rings. The van der Waals surface area contributed by atoms with Crippen LogP contribution in [0.5, 0.6) is 0 Å². The Bertz CT molecular complexity index is 684. The van der Waals surface area contributed by atoms with Gasteiger partial charge in [0.05, 0.1) is 26.5 Å². The van der Waals surface area contributed by atoms with Crippen molar-refractivity contribution in [1.82, 2.24) is 0 Å². The van der Waals surface area contributed by atoms with Gasteiger partial charge in [0, 0.05) is 5.69 Å². The molecule has 0 fully saturated rings. The highest BCUT2D eigenvalue weighted by Gasteiger charge is 2.14. The topological polar surface area (TPSA) is 43.1 Å². The van der Waals surface area contributed by atoms with Gasteiger partial charge in [0.25, 0.3) is 0 Å². The number of halogens is 1. The Morgan fingerprint density at radius 2 is 1.90 bits per heavy atom. The number of nitrogens with two attached hydrogens (primary N) is 1. The fourth-order valence-corrected chi connectivity index (χ4v) is 4.21. The lowest BCUT2D eigenvalue weighted by Gasteiger charge is -2.07. The van der Waals surface area contributed by atoms with E-state index in [9.17, 15) is 4.21 Å². The van der Waals surface area contributed by atoms with E-state index in [0.717, 1.165) is 12.0 Å². The third-order valence-electron chi connectivity index (χ3n) is 3.66. The Hall–Kier alpha value is -1.32. The van der Waals surface area contributed by atoms with Crippen LogP contribution in [0, 0.1) is 0 Å². The van der Waals surface area contributed by atoms with Crippen LogP contribution in [0.2, 0.25) is 5.02 Å². The second-order valence-corrected chi connectivity index (χ2v) is 6.96. The molecule has 1 atom stereocenters. The summed E-state index contributed by atoms with van der Waals surface area (Å²) in [4.78, 5) is 0.618. The van der Waals surface area contributed by atoms with Crippen molar-refractivity contribution in [2.75, 3.05) is 5.73 Å². The number of anilines is 1. The second-order valence-electron chi connectivity index (χ2n) is 5.14. The van der Waals surface area contributed by atoms with Crippen molar-refractivity contribution in [2.24, 2.45) is 0 Å². The first-order valence-electron chi connectivity index (χ1n) is 6.67. The van der Waals surface area contributed by atoms with E-state index in [1.54, 1.807) is 18.2 Å². The molecule has 4 heteroatoms. The minimum atomic E-state index is -1.16. The number of aryl methyl sites for hydroxylation is 2. The lowest BCUT2D eigenvalue weighted by molar-refractivity contribution is 0.682. The van der Waals surface area contributed by atoms with Crippen LogP contribution in [0.15, 0.2) is 41.3 Å². The van der Waals surface area contributed by atoms with Gasteiger partial charge in [-0.05, 0) is 54.2 Å². The molecular formula is C16H16ClNOS. The number of nitrogen functional groups attached to an aromatic ring is 1. The predicted octanol–water partition coefficient (Wildman–Crippen LogP) is 3.72. The van der Waals surface area contributed by atoms with Crippen molar-refractivity contribution in [1.29, 1.82) is 0 Å². The van der Waals surface area contributed by atoms with Crippen LogP contribution in [0.25, 0.3) is 0 Å². The van der Waals surface area contributed by atoms with Crippen LogP contribution in [-0.4, -0.2) is 4.21 Å². The average molecular weight is 306 g/mol. The lowest BCUT2D eigenvalue weighted by Crippen LogP contribution is -1.99. The molecule has 0 amide bonds. The number of hydrogen-bond donors (Lipinski definition) is 1. The zero-order chi connectivity index (χ0) is 14.1. The summed E-state index contributed by atoms with van der Waals surface area (Å²) in [7, 11) is -1.16. The highest BCUT2D eigenvalue weighted by Crippen LogP contribution is 2.27. The van der Waals surface area contributed by atoms with Crippen molar-refractivity contribution < 1.29 is 4.21 Å². The Morgan fingerprint density at radius 3 is 2.75 bits per heavy atom. The Labute approximate surface area is 126 Å². The van der Waals surface area contributed by atoms with Gasteiger partial charge in [0.1, 0.15) is 0 Å². The van der Waals surface area contributed by atoms with Gasteiger partial charge in [-0.1, -0.05) is 29.8 Å². The normalized spacial score (nSPS) is 15.1. The minimum absolute atomic E-state index is 0.483. The van der Waals surface area contributed by atoms with Gasteiger partial charge < -0.3 is 5.73 Å². The Morgan fingerprint density at radius 1 is 1.10 bits per heavy atom. The van der Waals surface area contributed by atoms with E-state index in [2.05, 4.69) is 18.2 Å². The monoisotopic (exact) mass is 305 g/mol. The van der Waals surface area contributed by atoms with E-state index in [4.69, 9.17) is 17.3 Å². The maximum Gasteiger partial charge on any atom is 0.0598 e. The van der Waals surface area contributed by atoms with Gasteiger partial charge in [0.2, 0.25) is 0 Å². The molecule has 104 valence electrons. The summed E-state index contributed by atoms with van der Waals surface area (Å²) in [6, 6.07) is 11.5. The van der Waals surface area contributed by atoms with E-state index in [-0.39, 0.29) is 0 Å². The van der Waals surface area contributed by atoms with Crippen LogP contribution in [0.4, 0.5) is 5.69 Å². The van der Waals surface area contributed by atoms with E-state index in [1.807, 2.05) is 0 Å². The van der Waals surface area contributed by atoms with Gasteiger partial charge in [-0.15, -0.1) is 0 Å². The first-order valence-corrected chi connectivity index (χ1v) is 8.37. The highest BCUT2D eigenvalue weighted by atomic mass is 35.5. The third kappa shape index (κ3) is 2.74. The highest BCUT2D eigenvalue weighted by molar-refractivity contribution is 7.84. The number of benzene rings is 2. The molecule has 20 heavy (non-hydrogen) atoms. The van der Waals surface area contributed by atoms with Crippen LogP contribution < -0.4 is 5.73 Å². The summed E-state index contributed by atoms with van der Waals surface area (Å²) in [5.41, 5.74) is 10.3. The maximum absolute atomic E-state index is 12.5. The lowest BCUT2D eigenvalue weighted by atomic mass is 10.1. The van der Waals surface area contributed by atoms with E-state index in [1.165, 1.54) is 24.0 Å². The molecule has 2 N–H and O–H groups in total. The smallest absolute Gasteiger partial charge is 0.0598 e. The van der Waals surface area contributed by atoms with Gasteiger partial charge in [0.15, 0.2) is 0 Å². The molecule has 0 heterocycles. The molecule has 3 rings (SSSR count). The molecule has 2 aromatic carbocycles. The zero-order valence-corrected chi connectivity index (χ0v) is 12.6. The summed E-state index contributed by atoms with van der Waals surface area (Å²) < 4.78 is 12.5. The average Bonchev–Trinajstić information content (AvgIpc) is 2.89. The zero-order valence-electron chi connectivity index (χ0n) is 11.1. The molecular weight excluding hydrogens is 290 g/mol. The SMILES string of the molecule is Nc1ccc(Cl)c(S(=O)Cc2ccc3c(c2)CCC3)c1. The Kier molecular flexibility index (Phi) is 3.81. The fraction of sp³-hybridized carbons (Fsp3) is 0.250. The third-order valence-corrected chi connectivity index (χ3v) is 5.53. The number of hydrogen-bond acceptors (Lipinski definition) is 2. The van der Waals surface area contributed by atoms with Gasteiger partial charge in [-0.2, -0.15) is 0 Å². The van der Waals surface area contributed by atoms with Crippen molar-refractivity contribution in [3.63, 3.8) is 0 Å². The maximum atomic E-state index is 12.5. The molecule has 1 aliphatic carbocycles. The number of rotatable bonds is 3. The molecule has 0 saturated heterocycles. The van der Waals surface area contributed by atoms with Crippen molar-refractivity contribution in [3.8, 4) is 0 Å². The van der Waals surface area contributed by atoms with Crippen LogP contribution in [0.1, 0.15) is 23.1 Å². The summed E-state index contributed by atoms with van der Waals surface area (Å²) in [6.07, 6.45) is 3.53. The van der Waals surface area contributed by atoms with Crippen molar-refractivity contribution in [3.05, 3.63) is 58.1 Å². The fourth-order valence-electron chi connectivity index (χ4n) is 2.64. The first-order chi connectivity index (χ1) is 9.63. The molecule has 0 aliphatic heterocycles. The molecule has 2 nitrogen and oxygen atoms in total. The largest absolute Gasteiger partial charge is 0.399 e. The van der Waals surface area contributed by atoms with Gasteiger partial charge in [-0.3, -0.25) is 4.21 Å². The van der Waals surface area contributed by atoms with E-state index < -0.39 is 10.8 Å². The quantitative estimate of drug-likeness (QED) is 0.878. The van der Waals surface area contributed by atoms with Crippen LogP contribution in [0.3, 0.4) is 0 Å². The molecule has 0 radical (unpaired) electrons. The summed E-state index contributed by atoms with van der Waals surface area (Å²) in [5.74, 6) is 0.483. The standard InChI is InChI=1S/C16H16ClNOS/c17-15-7-6-14(18)9-16(15)20(19)10-11-4-5-12-2-1-3-13(12)8-11/h4-9H,1-3,10,18H2. The van der Waals surface area contributed by atoms with Gasteiger partial charge in [-0.25, -0.2) is 0 Å². The summed E-state index contributed by atoms with van der Waals surface area (Å²) >= 11 is 6.10. The van der Waals surface area contributed by atoms with Crippen molar-refractivity contribution >= 4 is 28.1 Å². The minimum Gasteiger partial charge on any atom is -0.399 e. The summed E-state index contributed by atoms with van der Waals surface area (Å²) in [5, 5.41) is 0.513. The van der Waals surface area contributed by atoms with Crippen molar-refractivity contribution in [2.45, 2.75) is 29.9 Å². The van der Waals surface area contributed by atoms with Crippen LogP contribution in [-0.2, 0) is 29.4 Å². The predicted molar refractivity (Wildman–Crippen MR) is 84.4 cm³/mol. The second kappa shape index (κ2) is 5.58. The van der Waals surface area contributed by atoms with Gasteiger partial charge >= 0.3 is 0 Å². The van der Waals surface area contributed by atoms with E-state index >= 15 is 0 Å².